The first-order chi connectivity index (χ1) is 7.31. The van der Waals surface area contributed by atoms with Gasteiger partial charge in [-0.1, -0.05) is 6.92 Å². The maximum Gasteiger partial charge on any atom is 0.0587 e. The molecule has 3 heteroatoms. The van der Waals surface area contributed by atoms with Gasteiger partial charge in [-0.25, -0.2) is 0 Å². The fraction of sp³-hybridized carbons (Fsp3) is 1.00. The fourth-order valence-corrected chi connectivity index (χ4v) is 2.80. The third-order valence-corrected chi connectivity index (χ3v) is 3.98. The molecule has 2 saturated heterocycles. The van der Waals surface area contributed by atoms with Crippen molar-refractivity contribution >= 4 is 0 Å². The SMILES string of the molecule is CCC1CC(N(C)C2CCNC2)CCO1. The minimum Gasteiger partial charge on any atom is -0.378 e. The number of nitrogens with zero attached hydrogens (tertiary/aromatic N) is 1. The second kappa shape index (κ2) is 5.28. The summed E-state index contributed by atoms with van der Waals surface area (Å²) < 4.78 is 5.73. The number of likely N-dealkylation sites (N-methyl/N-ethyl adjacent to an activating group) is 1. The molecule has 0 aliphatic carbocycles. The number of rotatable bonds is 3. The second-order valence-corrected chi connectivity index (χ2v) is 4.89. The molecule has 3 nitrogen and oxygen atoms in total. The van der Waals surface area contributed by atoms with Gasteiger partial charge >= 0.3 is 0 Å². The Kier molecular flexibility index (Phi) is 4.00. The number of hydrogen-bond acceptors (Lipinski definition) is 3. The van der Waals surface area contributed by atoms with Gasteiger partial charge in [0.05, 0.1) is 6.10 Å². The molecule has 0 amide bonds. The van der Waals surface area contributed by atoms with Crippen LogP contribution in [-0.4, -0.2) is 49.8 Å². The smallest absolute Gasteiger partial charge is 0.0587 e. The van der Waals surface area contributed by atoms with Gasteiger partial charge in [-0.2, -0.15) is 0 Å². The molecule has 0 aromatic rings. The molecular formula is C12H24N2O. The van der Waals surface area contributed by atoms with Gasteiger partial charge in [-0.3, -0.25) is 4.90 Å². The Hall–Kier alpha value is -0.120. The van der Waals surface area contributed by atoms with E-state index in [0.29, 0.717) is 6.10 Å². The highest BCUT2D eigenvalue weighted by Crippen LogP contribution is 2.23. The lowest BCUT2D eigenvalue weighted by Gasteiger charge is -2.38. The molecule has 0 aromatic heterocycles. The van der Waals surface area contributed by atoms with E-state index in [9.17, 15) is 0 Å². The van der Waals surface area contributed by atoms with Crippen LogP contribution in [0.4, 0.5) is 0 Å². The van der Waals surface area contributed by atoms with E-state index in [2.05, 4.69) is 24.2 Å². The molecule has 2 aliphatic heterocycles. The molecule has 0 saturated carbocycles. The van der Waals surface area contributed by atoms with Crippen molar-refractivity contribution in [1.82, 2.24) is 10.2 Å². The van der Waals surface area contributed by atoms with Crippen LogP contribution < -0.4 is 5.32 Å². The van der Waals surface area contributed by atoms with E-state index in [1.807, 2.05) is 0 Å². The van der Waals surface area contributed by atoms with E-state index in [-0.39, 0.29) is 0 Å². The fourth-order valence-electron chi connectivity index (χ4n) is 2.80. The number of hydrogen-bond donors (Lipinski definition) is 1. The summed E-state index contributed by atoms with van der Waals surface area (Å²) in [6, 6.07) is 1.50. The Morgan fingerprint density at radius 2 is 2.20 bits per heavy atom. The lowest BCUT2D eigenvalue weighted by Crippen LogP contribution is -2.46. The normalized spacial score (nSPS) is 37.4. The maximum absolute atomic E-state index is 5.73. The summed E-state index contributed by atoms with van der Waals surface area (Å²) in [5.74, 6) is 0. The average Bonchev–Trinajstić information content (AvgIpc) is 2.81. The topological polar surface area (TPSA) is 24.5 Å². The van der Waals surface area contributed by atoms with E-state index in [1.54, 1.807) is 0 Å². The highest BCUT2D eigenvalue weighted by atomic mass is 16.5. The summed E-state index contributed by atoms with van der Waals surface area (Å²) in [5, 5.41) is 3.44. The van der Waals surface area contributed by atoms with Crippen LogP contribution in [0.2, 0.25) is 0 Å². The zero-order valence-electron chi connectivity index (χ0n) is 10.0. The van der Waals surface area contributed by atoms with Crippen molar-refractivity contribution in [2.75, 3.05) is 26.7 Å². The van der Waals surface area contributed by atoms with E-state index in [1.165, 1.54) is 32.4 Å². The predicted octanol–water partition coefficient (Wildman–Crippen LogP) is 1.24. The molecule has 3 unspecified atom stereocenters. The van der Waals surface area contributed by atoms with Gasteiger partial charge in [0, 0.05) is 25.2 Å². The molecule has 0 radical (unpaired) electrons. The summed E-state index contributed by atoms with van der Waals surface area (Å²) in [6.07, 6.45) is 5.41. The molecule has 2 rings (SSSR count). The molecule has 3 atom stereocenters. The van der Waals surface area contributed by atoms with Gasteiger partial charge in [0.15, 0.2) is 0 Å². The first-order valence-electron chi connectivity index (χ1n) is 6.35. The van der Waals surface area contributed by atoms with Crippen LogP contribution in [0.15, 0.2) is 0 Å². The minimum atomic E-state index is 0.501. The van der Waals surface area contributed by atoms with Gasteiger partial charge in [0.25, 0.3) is 0 Å². The summed E-state index contributed by atoms with van der Waals surface area (Å²) in [4.78, 5) is 2.59. The van der Waals surface area contributed by atoms with E-state index in [0.717, 1.165) is 25.1 Å². The number of nitrogens with one attached hydrogen (secondary N) is 1. The van der Waals surface area contributed by atoms with Gasteiger partial charge in [-0.15, -0.1) is 0 Å². The predicted molar refractivity (Wildman–Crippen MR) is 62.1 cm³/mol. The first kappa shape index (κ1) is 11.4. The maximum atomic E-state index is 5.73. The molecule has 1 N–H and O–H groups in total. The van der Waals surface area contributed by atoms with Crippen molar-refractivity contribution in [1.29, 1.82) is 0 Å². The molecule has 15 heavy (non-hydrogen) atoms. The van der Waals surface area contributed by atoms with Crippen molar-refractivity contribution in [2.24, 2.45) is 0 Å². The zero-order chi connectivity index (χ0) is 10.7. The highest BCUT2D eigenvalue weighted by Gasteiger charge is 2.29. The van der Waals surface area contributed by atoms with Crippen LogP contribution in [0, 0.1) is 0 Å². The van der Waals surface area contributed by atoms with Gasteiger partial charge in [0.2, 0.25) is 0 Å². The number of ether oxygens (including phenoxy) is 1. The average molecular weight is 212 g/mol. The first-order valence-corrected chi connectivity index (χ1v) is 6.35. The van der Waals surface area contributed by atoms with Gasteiger partial charge in [0.1, 0.15) is 0 Å². The molecule has 2 aliphatic rings. The summed E-state index contributed by atoms with van der Waals surface area (Å²) >= 11 is 0. The Labute approximate surface area is 93.2 Å². The Balaban J connectivity index is 1.85. The largest absolute Gasteiger partial charge is 0.378 e. The lowest BCUT2D eigenvalue weighted by molar-refractivity contribution is -0.0297. The monoisotopic (exact) mass is 212 g/mol. The van der Waals surface area contributed by atoms with Crippen LogP contribution in [-0.2, 0) is 4.74 Å². The third-order valence-electron chi connectivity index (χ3n) is 3.98. The van der Waals surface area contributed by atoms with Crippen molar-refractivity contribution in [3.05, 3.63) is 0 Å². The van der Waals surface area contributed by atoms with Crippen LogP contribution in [0.1, 0.15) is 32.6 Å². The van der Waals surface area contributed by atoms with Gasteiger partial charge < -0.3 is 10.1 Å². The van der Waals surface area contributed by atoms with E-state index >= 15 is 0 Å². The van der Waals surface area contributed by atoms with Crippen molar-refractivity contribution in [2.45, 2.75) is 50.8 Å². The Bertz CT molecular complexity index is 192. The standard InChI is InChI=1S/C12H24N2O/c1-3-12-8-10(5-7-15-12)14(2)11-4-6-13-9-11/h10-13H,3-9H2,1-2H3. The molecule has 0 aromatic carbocycles. The molecule has 0 bridgehead atoms. The van der Waals surface area contributed by atoms with E-state index in [4.69, 9.17) is 4.74 Å². The van der Waals surface area contributed by atoms with Crippen molar-refractivity contribution in [3.8, 4) is 0 Å². The Morgan fingerprint density at radius 3 is 2.87 bits per heavy atom. The summed E-state index contributed by atoms with van der Waals surface area (Å²) in [5.41, 5.74) is 0. The summed E-state index contributed by atoms with van der Waals surface area (Å²) in [7, 11) is 2.29. The van der Waals surface area contributed by atoms with Crippen LogP contribution in [0.3, 0.4) is 0 Å². The van der Waals surface area contributed by atoms with E-state index < -0.39 is 0 Å². The van der Waals surface area contributed by atoms with Crippen LogP contribution >= 0.6 is 0 Å². The quantitative estimate of drug-likeness (QED) is 0.762. The third kappa shape index (κ3) is 2.71. The Morgan fingerprint density at radius 1 is 1.33 bits per heavy atom. The lowest BCUT2D eigenvalue weighted by atomic mass is 9.99. The minimum absolute atomic E-state index is 0.501. The second-order valence-electron chi connectivity index (χ2n) is 4.89. The van der Waals surface area contributed by atoms with Gasteiger partial charge in [-0.05, 0) is 39.3 Å². The van der Waals surface area contributed by atoms with Crippen molar-refractivity contribution in [3.63, 3.8) is 0 Å². The van der Waals surface area contributed by atoms with Crippen LogP contribution in [0.25, 0.3) is 0 Å². The highest BCUT2D eigenvalue weighted by molar-refractivity contribution is 4.85. The molecule has 2 fully saturated rings. The molecular weight excluding hydrogens is 188 g/mol. The molecule has 2 heterocycles. The van der Waals surface area contributed by atoms with Crippen molar-refractivity contribution < 1.29 is 4.74 Å². The van der Waals surface area contributed by atoms with Crippen LogP contribution in [0.5, 0.6) is 0 Å². The molecule has 88 valence electrons. The summed E-state index contributed by atoms with van der Waals surface area (Å²) in [6.45, 7) is 5.54. The zero-order valence-corrected chi connectivity index (χ0v) is 10.0. The molecule has 0 spiro atoms.